The molecule has 0 bridgehead atoms. The average Bonchev–Trinajstić information content (AvgIpc) is 3.00. The van der Waals surface area contributed by atoms with Gasteiger partial charge in [0.2, 0.25) is 0 Å². The molecule has 2 atom stereocenters. The van der Waals surface area contributed by atoms with Crippen molar-refractivity contribution < 1.29 is 33.5 Å². The molecule has 7 nitrogen and oxygen atoms in total. The quantitative estimate of drug-likeness (QED) is 0.0451. The molecular weight excluding hydrogens is 556 g/mol. The van der Waals surface area contributed by atoms with E-state index in [1.807, 2.05) is 76.2 Å². The van der Waals surface area contributed by atoms with E-state index in [2.05, 4.69) is 26.0 Å². The van der Waals surface area contributed by atoms with Crippen LogP contribution in [0.4, 0.5) is 0 Å². The number of hydrogen-bond acceptors (Lipinski definition) is 7. The van der Waals surface area contributed by atoms with E-state index in [0.29, 0.717) is 39.3 Å². The van der Waals surface area contributed by atoms with Crippen LogP contribution < -0.4 is 4.74 Å². The molecule has 44 heavy (non-hydrogen) atoms. The van der Waals surface area contributed by atoms with E-state index in [4.69, 9.17) is 33.5 Å². The number of unbranched alkanes of at least 4 members (excludes halogenated alkanes) is 7. The summed E-state index contributed by atoms with van der Waals surface area (Å²) in [5, 5.41) is 0. The average molecular weight is 617 g/mol. The normalized spacial score (nSPS) is 14.7. The summed E-state index contributed by atoms with van der Waals surface area (Å²) in [6.07, 6.45) is 11.2. The number of ether oxygens (including phenoxy) is 5. The number of benzene rings is 2. The minimum Gasteiger partial charge on any atom is -0.439 e. The summed E-state index contributed by atoms with van der Waals surface area (Å²) in [6.45, 7) is 14.3. The summed E-state index contributed by atoms with van der Waals surface area (Å²) in [5.74, 6) is -1.68. The van der Waals surface area contributed by atoms with Gasteiger partial charge >= 0.3 is 11.9 Å². The minimum absolute atomic E-state index is 0.399. The Balaban J connectivity index is 2.02. The van der Waals surface area contributed by atoms with Gasteiger partial charge in [-0.25, -0.2) is 4.89 Å². The van der Waals surface area contributed by atoms with Crippen molar-refractivity contribution in [1.29, 1.82) is 0 Å². The Kier molecular flexibility index (Phi) is 18.8. The molecular formula is C37H60O7. The lowest BCUT2D eigenvalue weighted by Crippen LogP contribution is -2.45. The molecule has 0 aliphatic heterocycles. The van der Waals surface area contributed by atoms with Crippen LogP contribution in [-0.2, 0) is 35.3 Å². The van der Waals surface area contributed by atoms with Gasteiger partial charge in [-0.2, -0.15) is 4.89 Å². The molecule has 7 heteroatoms. The molecule has 0 spiro atoms. The van der Waals surface area contributed by atoms with Gasteiger partial charge in [-0.15, -0.1) is 0 Å². The molecule has 2 aromatic rings. The van der Waals surface area contributed by atoms with Crippen molar-refractivity contribution in [1.82, 2.24) is 0 Å². The maximum absolute atomic E-state index is 6.48. The maximum atomic E-state index is 6.48. The van der Waals surface area contributed by atoms with Gasteiger partial charge < -0.3 is 23.7 Å². The molecule has 0 amide bonds. The Bertz CT molecular complexity index is 949. The van der Waals surface area contributed by atoms with Gasteiger partial charge in [0.1, 0.15) is 5.75 Å². The summed E-state index contributed by atoms with van der Waals surface area (Å²) in [4.78, 5) is 11.5. The molecule has 0 radical (unpaired) electrons. The number of hydrogen-bond donors (Lipinski definition) is 0. The lowest BCUT2D eigenvalue weighted by Gasteiger charge is -2.37. The second-order valence-corrected chi connectivity index (χ2v) is 12.3. The summed E-state index contributed by atoms with van der Waals surface area (Å²) in [7, 11) is 0. The van der Waals surface area contributed by atoms with Gasteiger partial charge in [0, 0.05) is 19.4 Å². The highest BCUT2D eigenvalue weighted by molar-refractivity contribution is 5.21. The Morgan fingerprint density at radius 3 is 1.80 bits per heavy atom. The molecule has 0 aliphatic carbocycles. The third-order valence-electron chi connectivity index (χ3n) is 6.95. The van der Waals surface area contributed by atoms with E-state index >= 15 is 0 Å². The van der Waals surface area contributed by atoms with Crippen LogP contribution in [0.15, 0.2) is 60.7 Å². The highest BCUT2D eigenvalue weighted by atomic mass is 17.3. The summed E-state index contributed by atoms with van der Waals surface area (Å²) >= 11 is 0. The van der Waals surface area contributed by atoms with Crippen LogP contribution in [0.25, 0.3) is 0 Å². The zero-order valence-corrected chi connectivity index (χ0v) is 28.4. The van der Waals surface area contributed by atoms with Crippen molar-refractivity contribution in [3.8, 4) is 5.75 Å². The van der Waals surface area contributed by atoms with Crippen molar-refractivity contribution in [2.45, 2.75) is 143 Å². The van der Waals surface area contributed by atoms with Crippen LogP contribution in [0.2, 0.25) is 0 Å². The van der Waals surface area contributed by atoms with Crippen molar-refractivity contribution >= 4 is 0 Å². The number of rotatable bonds is 26. The molecule has 0 fully saturated rings. The molecule has 2 rings (SSSR count). The second-order valence-electron chi connectivity index (χ2n) is 12.3. The Hall–Kier alpha value is -2.00. The van der Waals surface area contributed by atoms with Gasteiger partial charge in [-0.1, -0.05) is 101 Å². The van der Waals surface area contributed by atoms with Gasteiger partial charge in [0.15, 0.2) is 0 Å². The molecule has 250 valence electrons. The van der Waals surface area contributed by atoms with Gasteiger partial charge in [-0.05, 0) is 71.1 Å². The fourth-order valence-electron chi connectivity index (χ4n) is 4.78. The molecule has 0 saturated carbocycles. The maximum Gasteiger partial charge on any atom is 0.327 e. The van der Waals surface area contributed by atoms with Gasteiger partial charge in [0.05, 0.1) is 25.4 Å². The number of para-hydroxylation sites is 1. The van der Waals surface area contributed by atoms with Crippen LogP contribution in [0.1, 0.15) is 124 Å². The highest BCUT2D eigenvalue weighted by Crippen LogP contribution is 2.31. The monoisotopic (exact) mass is 616 g/mol. The molecule has 2 aromatic carbocycles. The second kappa shape index (κ2) is 21.7. The Morgan fingerprint density at radius 2 is 1.18 bits per heavy atom. The summed E-state index contributed by atoms with van der Waals surface area (Å²) in [5.41, 5.74) is 0.618. The zero-order valence-electron chi connectivity index (χ0n) is 28.4. The first kappa shape index (κ1) is 38.2. The fourth-order valence-corrected chi connectivity index (χ4v) is 4.78. The third kappa shape index (κ3) is 16.4. The smallest absolute Gasteiger partial charge is 0.327 e. The lowest BCUT2D eigenvalue weighted by molar-refractivity contribution is -0.521. The molecule has 2 unspecified atom stereocenters. The van der Waals surface area contributed by atoms with E-state index in [-0.39, 0.29) is 0 Å². The molecule has 0 saturated heterocycles. The van der Waals surface area contributed by atoms with Crippen molar-refractivity contribution in [3.05, 3.63) is 66.2 Å². The predicted molar refractivity (Wildman–Crippen MR) is 176 cm³/mol. The topological polar surface area (TPSA) is 64.6 Å². The summed E-state index contributed by atoms with van der Waals surface area (Å²) < 4.78 is 31.7. The van der Waals surface area contributed by atoms with E-state index in [1.54, 1.807) is 0 Å². The first-order valence-corrected chi connectivity index (χ1v) is 17.0. The lowest BCUT2D eigenvalue weighted by atomic mass is 10.1. The largest absolute Gasteiger partial charge is 0.439 e. The highest BCUT2D eigenvalue weighted by Gasteiger charge is 2.39. The zero-order chi connectivity index (χ0) is 32.0. The van der Waals surface area contributed by atoms with Crippen LogP contribution >= 0.6 is 0 Å². The van der Waals surface area contributed by atoms with Gasteiger partial charge in [0.25, 0.3) is 0 Å². The van der Waals surface area contributed by atoms with Gasteiger partial charge in [-0.3, -0.25) is 0 Å². The Labute approximate surface area is 267 Å². The predicted octanol–water partition coefficient (Wildman–Crippen LogP) is 10.1. The van der Waals surface area contributed by atoms with E-state index in [9.17, 15) is 0 Å². The Morgan fingerprint density at radius 1 is 0.568 bits per heavy atom. The van der Waals surface area contributed by atoms with E-state index in [1.165, 1.54) is 12.8 Å². The van der Waals surface area contributed by atoms with E-state index in [0.717, 1.165) is 62.7 Å². The van der Waals surface area contributed by atoms with Crippen molar-refractivity contribution in [2.24, 2.45) is 0 Å². The van der Waals surface area contributed by atoms with Crippen molar-refractivity contribution in [3.63, 3.8) is 0 Å². The molecule has 0 aliphatic rings. The molecule has 0 aromatic heterocycles. The minimum atomic E-state index is -1.24. The van der Waals surface area contributed by atoms with Crippen LogP contribution in [0.5, 0.6) is 5.75 Å². The molecule has 0 heterocycles. The standard InChI is InChI=1S/C37H60O7/c1-7-10-12-23-31-41-44-37(38-9-3,43-35(4,5)6)29-22-14-13-21-28-36(39-30-11-8-2,42-34-26-19-16-20-27-34)40-32-33-24-17-15-18-25-33/h15-20,24-27H,7-14,21-23,28-32H2,1-6H3. The van der Waals surface area contributed by atoms with Crippen LogP contribution in [0.3, 0.4) is 0 Å². The SMILES string of the molecule is CCCCCCOOC(CCCCCCC(OCCCC)(OCc1ccccc1)Oc1ccccc1)(OCC)OC(C)(C)C. The molecule has 0 N–H and O–H groups in total. The first-order valence-electron chi connectivity index (χ1n) is 17.0. The van der Waals surface area contributed by atoms with Crippen molar-refractivity contribution in [2.75, 3.05) is 19.8 Å². The van der Waals surface area contributed by atoms with Crippen LogP contribution in [-0.4, -0.2) is 37.4 Å². The van der Waals surface area contributed by atoms with Crippen LogP contribution in [0, 0.1) is 0 Å². The fraction of sp³-hybridized carbons (Fsp3) is 0.676. The third-order valence-corrected chi connectivity index (χ3v) is 6.95. The first-order chi connectivity index (χ1) is 21.3. The summed E-state index contributed by atoms with van der Waals surface area (Å²) in [6, 6.07) is 19.9. The van der Waals surface area contributed by atoms with E-state index < -0.39 is 17.5 Å².